The molecule has 0 bridgehead atoms. The maximum absolute atomic E-state index is 7.00. The minimum Gasteiger partial charge on any atom is -0.400 e. The number of methoxy groups -OCH3 is 1. The van der Waals surface area contributed by atoms with Gasteiger partial charge in [-0.25, -0.2) is 0 Å². The van der Waals surface area contributed by atoms with Gasteiger partial charge in [-0.3, -0.25) is 0 Å². The maximum Gasteiger partial charge on any atom is 4.00 e. The van der Waals surface area contributed by atoms with Crippen molar-refractivity contribution in [2.45, 2.75) is 39.4 Å². The Labute approximate surface area is 146 Å². The molecule has 1 unspecified atom stereocenters. The van der Waals surface area contributed by atoms with Crippen molar-refractivity contribution in [3.63, 3.8) is 0 Å². The van der Waals surface area contributed by atoms with Crippen molar-refractivity contribution in [2.75, 3.05) is 41.0 Å². The van der Waals surface area contributed by atoms with Crippen molar-refractivity contribution in [1.29, 1.82) is 0 Å². The standard InChI is InChI=1S/C10H23NO2.2CH4O.Ce/c1-5-10(3,12-4)13-9-7-8-11-6-2;2*1-2;/h11H,5-9H2,1-4H3;2*2H,1H3;/q;;;+4. The van der Waals surface area contributed by atoms with Gasteiger partial charge >= 0.3 is 41.7 Å². The molecular formula is C12H31CeNO4+4. The van der Waals surface area contributed by atoms with Gasteiger partial charge in [-0.2, -0.15) is 0 Å². The molecular weight excluding hydrogens is 362 g/mol. The van der Waals surface area contributed by atoms with E-state index in [0.29, 0.717) is 0 Å². The van der Waals surface area contributed by atoms with Crippen LogP contribution in [0.1, 0.15) is 33.6 Å². The molecule has 0 aliphatic rings. The first-order valence-corrected chi connectivity index (χ1v) is 5.97. The smallest absolute Gasteiger partial charge is 0.400 e. The monoisotopic (exact) mass is 393 g/mol. The molecule has 0 fully saturated rings. The largest absolute Gasteiger partial charge is 4.00 e. The summed E-state index contributed by atoms with van der Waals surface area (Å²) in [4.78, 5) is 0. The van der Waals surface area contributed by atoms with Crippen molar-refractivity contribution in [1.82, 2.24) is 5.32 Å². The summed E-state index contributed by atoms with van der Waals surface area (Å²) in [5, 5.41) is 17.2. The second-order valence-corrected chi connectivity index (χ2v) is 3.25. The second-order valence-electron chi connectivity index (χ2n) is 3.25. The fraction of sp³-hybridized carbons (Fsp3) is 1.00. The third-order valence-electron chi connectivity index (χ3n) is 2.23. The van der Waals surface area contributed by atoms with Gasteiger partial charge in [0, 0.05) is 21.3 Å². The molecule has 0 aliphatic carbocycles. The van der Waals surface area contributed by atoms with E-state index in [1.54, 1.807) is 7.11 Å². The molecule has 0 amide bonds. The van der Waals surface area contributed by atoms with Crippen molar-refractivity contribution >= 4 is 0 Å². The molecule has 0 saturated carbocycles. The number of hydrogen-bond acceptors (Lipinski definition) is 5. The number of aliphatic hydroxyl groups is 2. The first-order valence-electron chi connectivity index (χ1n) is 5.97. The van der Waals surface area contributed by atoms with E-state index in [1.807, 2.05) is 6.92 Å². The Hall–Kier alpha value is 1.18. The van der Waals surface area contributed by atoms with E-state index >= 15 is 0 Å². The molecule has 0 spiro atoms. The first-order chi connectivity index (χ1) is 8.18. The van der Waals surface area contributed by atoms with E-state index in [9.17, 15) is 0 Å². The van der Waals surface area contributed by atoms with Gasteiger partial charge in [0.15, 0.2) is 5.79 Å². The number of nitrogens with one attached hydrogen (secondary N) is 1. The van der Waals surface area contributed by atoms with Crippen molar-refractivity contribution in [2.24, 2.45) is 0 Å². The molecule has 108 valence electrons. The predicted molar refractivity (Wildman–Crippen MR) is 71.1 cm³/mol. The molecule has 0 aromatic heterocycles. The van der Waals surface area contributed by atoms with E-state index in [2.05, 4.69) is 19.2 Å². The third kappa shape index (κ3) is 19.5. The molecule has 0 rings (SSSR count). The van der Waals surface area contributed by atoms with Gasteiger partial charge in [-0.05, 0) is 32.9 Å². The summed E-state index contributed by atoms with van der Waals surface area (Å²) < 4.78 is 10.9. The maximum atomic E-state index is 7.00. The average Bonchev–Trinajstić information content (AvgIpc) is 2.43. The molecule has 0 saturated heterocycles. The Morgan fingerprint density at radius 1 is 1.11 bits per heavy atom. The van der Waals surface area contributed by atoms with Crippen LogP contribution in [0.25, 0.3) is 0 Å². The Kier molecular flexibility index (Phi) is 35.6. The third-order valence-corrected chi connectivity index (χ3v) is 2.23. The summed E-state index contributed by atoms with van der Waals surface area (Å²) in [5.41, 5.74) is 0. The molecule has 0 radical (unpaired) electrons. The van der Waals surface area contributed by atoms with Gasteiger partial charge in [0.1, 0.15) is 0 Å². The summed E-state index contributed by atoms with van der Waals surface area (Å²) >= 11 is 0. The fourth-order valence-corrected chi connectivity index (χ4v) is 0.967. The van der Waals surface area contributed by atoms with Gasteiger partial charge in [0.25, 0.3) is 0 Å². The van der Waals surface area contributed by atoms with Gasteiger partial charge in [-0.1, -0.05) is 13.8 Å². The number of rotatable bonds is 8. The zero-order valence-electron chi connectivity index (χ0n) is 12.7. The summed E-state index contributed by atoms with van der Waals surface area (Å²) in [6.07, 6.45) is 1.91. The molecule has 6 heteroatoms. The predicted octanol–water partition coefficient (Wildman–Crippen LogP) is 0.992. The molecule has 3 N–H and O–H groups in total. The van der Waals surface area contributed by atoms with Crippen LogP contribution in [0.5, 0.6) is 0 Å². The van der Waals surface area contributed by atoms with E-state index in [0.717, 1.165) is 46.8 Å². The number of hydrogen-bond donors (Lipinski definition) is 3. The molecule has 0 aromatic rings. The topological polar surface area (TPSA) is 71.0 Å². The van der Waals surface area contributed by atoms with E-state index in [-0.39, 0.29) is 41.7 Å². The van der Waals surface area contributed by atoms with E-state index < -0.39 is 5.79 Å². The van der Waals surface area contributed by atoms with Gasteiger partial charge in [-0.15, -0.1) is 0 Å². The van der Waals surface area contributed by atoms with Crippen LogP contribution in [-0.2, 0) is 9.47 Å². The van der Waals surface area contributed by atoms with Crippen molar-refractivity contribution in [3.8, 4) is 0 Å². The molecule has 1 atom stereocenters. The van der Waals surface area contributed by atoms with Crippen LogP contribution in [0.3, 0.4) is 0 Å². The Morgan fingerprint density at radius 2 is 1.61 bits per heavy atom. The van der Waals surface area contributed by atoms with Crippen LogP contribution >= 0.6 is 0 Å². The average molecular weight is 393 g/mol. The van der Waals surface area contributed by atoms with Crippen LogP contribution in [0, 0.1) is 41.7 Å². The molecule has 5 nitrogen and oxygen atoms in total. The Bertz CT molecular complexity index is 125. The second kappa shape index (κ2) is 23.3. The number of ether oxygens (including phenoxy) is 2. The molecule has 0 aromatic carbocycles. The van der Waals surface area contributed by atoms with Crippen molar-refractivity contribution in [3.05, 3.63) is 0 Å². The zero-order valence-corrected chi connectivity index (χ0v) is 15.9. The first kappa shape index (κ1) is 27.5. The summed E-state index contributed by atoms with van der Waals surface area (Å²) in [6, 6.07) is 0. The fourth-order valence-electron chi connectivity index (χ4n) is 0.967. The summed E-state index contributed by atoms with van der Waals surface area (Å²) in [7, 11) is 3.69. The van der Waals surface area contributed by atoms with Crippen LogP contribution in [-0.4, -0.2) is 57.0 Å². The van der Waals surface area contributed by atoms with Crippen LogP contribution in [0.4, 0.5) is 0 Å². The van der Waals surface area contributed by atoms with E-state index in [1.165, 1.54) is 0 Å². The van der Waals surface area contributed by atoms with Gasteiger partial charge in [0.2, 0.25) is 0 Å². The molecule has 0 aliphatic heterocycles. The summed E-state index contributed by atoms with van der Waals surface area (Å²) in [5.74, 6) is -0.397. The Balaban J connectivity index is -0.000000177. The quantitative estimate of drug-likeness (QED) is 0.424. The van der Waals surface area contributed by atoms with Crippen LogP contribution in [0.15, 0.2) is 0 Å². The Morgan fingerprint density at radius 3 is 1.94 bits per heavy atom. The van der Waals surface area contributed by atoms with Crippen LogP contribution < -0.4 is 5.32 Å². The molecule has 0 heterocycles. The van der Waals surface area contributed by atoms with Gasteiger partial charge < -0.3 is 25.0 Å². The number of aliphatic hydroxyl groups excluding tert-OH is 2. The normalized spacial score (nSPS) is 12.0. The summed E-state index contributed by atoms with van der Waals surface area (Å²) in [6.45, 7) is 8.93. The SMILES string of the molecule is CCNCCCOC(C)(CC)OC.CO.CO.[Ce+4]. The zero-order chi connectivity index (χ0) is 14.2. The van der Waals surface area contributed by atoms with Crippen molar-refractivity contribution < 1.29 is 61.4 Å². The van der Waals surface area contributed by atoms with Crippen LogP contribution in [0.2, 0.25) is 0 Å². The van der Waals surface area contributed by atoms with E-state index in [4.69, 9.17) is 19.7 Å². The minimum absolute atomic E-state index is 0. The minimum atomic E-state index is -0.397. The van der Waals surface area contributed by atoms with Gasteiger partial charge in [0.05, 0.1) is 6.61 Å². The molecule has 18 heavy (non-hydrogen) atoms.